The second kappa shape index (κ2) is 5.75. The van der Waals surface area contributed by atoms with Crippen molar-refractivity contribution in [2.24, 2.45) is 0 Å². The third-order valence-corrected chi connectivity index (χ3v) is 3.24. The SMILES string of the molecule is COc1ccc2ccnc(NCc3cnc(C)cn3)c2c1. The normalized spacial score (nSPS) is 10.6. The molecule has 0 radical (unpaired) electrons. The number of rotatable bonds is 4. The highest BCUT2D eigenvalue weighted by molar-refractivity contribution is 5.92. The number of aromatic nitrogens is 3. The fourth-order valence-corrected chi connectivity index (χ4v) is 2.10. The first kappa shape index (κ1) is 13.3. The summed E-state index contributed by atoms with van der Waals surface area (Å²) in [5.74, 6) is 1.63. The summed E-state index contributed by atoms with van der Waals surface area (Å²) in [7, 11) is 1.66. The van der Waals surface area contributed by atoms with Gasteiger partial charge in [0.15, 0.2) is 0 Å². The van der Waals surface area contributed by atoms with E-state index >= 15 is 0 Å². The van der Waals surface area contributed by atoms with Gasteiger partial charge in [-0.05, 0) is 30.5 Å². The molecule has 3 aromatic rings. The monoisotopic (exact) mass is 280 g/mol. The number of fused-ring (bicyclic) bond motifs is 1. The number of aryl methyl sites for hydroxylation is 1. The molecule has 0 unspecified atom stereocenters. The van der Waals surface area contributed by atoms with Gasteiger partial charge in [0, 0.05) is 17.8 Å². The van der Waals surface area contributed by atoms with Crippen molar-refractivity contribution in [3.05, 3.63) is 54.2 Å². The molecule has 1 N–H and O–H groups in total. The topological polar surface area (TPSA) is 59.9 Å². The maximum absolute atomic E-state index is 5.28. The number of hydrogen-bond acceptors (Lipinski definition) is 5. The zero-order valence-electron chi connectivity index (χ0n) is 12.0. The highest BCUT2D eigenvalue weighted by Gasteiger charge is 2.04. The third kappa shape index (κ3) is 2.91. The van der Waals surface area contributed by atoms with Crippen LogP contribution in [0.4, 0.5) is 5.82 Å². The highest BCUT2D eigenvalue weighted by Crippen LogP contribution is 2.25. The number of nitrogens with zero attached hydrogens (tertiary/aromatic N) is 3. The van der Waals surface area contributed by atoms with Crippen molar-refractivity contribution in [2.45, 2.75) is 13.5 Å². The van der Waals surface area contributed by atoms with Crippen LogP contribution in [0.3, 0.4) is 0 Å². The van der Waals surface area contributed by atoms with Gasteiger partial charge in [-0.3, -0.25) is 9.97 Å². The molecule has 0 spiro atoms. The number of ether oxygens (including phenoxy) is 1. The van der Waals surface area contributed by atoms with Crippen molar-refractivity contribution in [2.75, 3.05) is 12.4 Å². The first-order valence-electron chi connectivity index (χ1n) is 6.70. The molecule has 0 fully saturated rings. The van der Waals surface area contributed by atoms with Crippen molar-refractivity contribution < 1.29 is 4.74 Å². The lowest BCUT2D eigenvalue weighted by Crippen LogP contribution is -2.04. The van der Waals surface area contributed by atoms with Gasteiger partial charge in [-0.25, -0.2) is 4.98 Å². The number of benzene rings is 1. The average molecular weight is 280 g/mol. The van der Waals surface area contributed by atoms with Crippen molar-refractivity contribution in [1.82, 2.24) is 15.0 Å². The lowest BCUT2D eigenvalue weighted by atomic mass is 10.1. The summed E-state index contributed by atoms with van der Waals surface area (Å²) in [6.07, 6.45) is 5.32. The van der Waals surface area contributed by atoms with E-state index in [2.05, 4.69) is 20.3 Å². The fraction of sp³-hybridized carbons (Fsp3) is 0.188. The largest absolute Gasteiger partial charge is 0.497 e. The lowest BCUT2D eigenvalue weighted by molar-refractivity contribution is 0.415. The fourth-order valence-electron chi connectivity index (χ4n) is 2.10. The van der Waals surface area contributed by atoms with Crippen LogP contribution in [0.5, 0.6) is 5.75 Å². The molecule has 21 heavy (non-hydrogen) atoms. The number of pyridine rings is 1. The van der Waals surface area contributed by atoms with E-state index < -0.39 is 0 Å². The Labute approximate surface area is 123 Å². The Morgan fingerprint density at radius 3 is 2.76 bits per heavy atom. The van der Waals surface area contributed by atoms with Crippen molar-refractivity contribution in [1.29, 1.82) is 0 Å². The molecule has 2 aromatic heterocycles. The summed E-state index contributed by atoms with van der Waals surface area (Å²) >= 11 is 0. The number of anilines is 1. The van der Waals surface area contributed by atoms with Gasteiger partial charge in [-0.15, -0.1) is 0 Å². The summed E-state index contributed by atoms with van der Waals surface area (Å²) in [5.41, 5.74) is 1.79. The predicted molar refractivity (Wildman–Crippen MR) is 82.4 cm³/mol. The summed E-state index contributed by atoms with van der Waals surface area (Å²) in [5, 5.41) is 5.44. The van der Waals surface area contributed by atoms with E-state index in [1.165, 1.54) is 0 Å². The molecular formula is C16H16N4O. The summed E-state index contributed by atoms with van der Waals surface area (Å²) in [6, 6.07) is 7.92. The Morgan fingerprint density at radius 1 is 1.10 bits per heavy atom. The molecular weight excluding hydrogens is 264 g/mol. The van der Waals surface area contributed by atoms with E-state index in [9.17, 15) is 0 Å². The van der Waals surface area contributed by atoms with E-state index in [-0.39, 0.29) is 0 Å². The van der Waals surface area contributed by atoms with Crippen molar-refractivity contribution >= 4 is 16.6 Å². The van der Waals surface area contributed by atoms with Gasteiger partial charge in [0.1, 0.15) is 11.6 Å². The second-order valence-corrected chi connectivity index (χ2v) is 4.75. The number of hydrogen-bond donors (Lipinski definition) is 1. The zero-order valence-corrected chi connectivity index (χ0v) is 12.0. The molecule has 0 saturated carbocycles. The quantitative estimate of drug-likeness (QED) is 0.796. The molecule has 106 valence electrons. The van der Waals surface area contributed by atoms with Gasteiger partial charge < -0.3 is 10.1 Å². The molecule has 0 aliphatic heterocycles. The van der Waals surface area contributed by atoms with Crippen LogP contribution in [0.15, 0.2) is 42.9 Å². The Bertz CT molecular complexity index is 756. The van der Waals surface area contributed by atoms with E-state index in [1.807, 2.05) is 31.2 Å². The van der Waals surface area contributed by atoms with Crippen LogP contribution in [-0.4, -0.2) is 22.1 Å². The minimum atomic E-state index is 0.580. The molecule has 0 atom stereocenters. The van der Waals surface area contributed by atoms with Gasteiger partial charge in [-0.1, -0.05) is 6.07 Å². The Balaban J connectivity index is 1.87. The molecule has 2 heterocycles. The maximum atomic E-state index is 5.28. The molecule has 3 rings (SSSR count). The predicted octanol–water partition coefficient (Wildman–Crippen LogP) is 2.95. The minimum Gasteiger partial charge on any atom is -0.497 e. The molecule has 1 aromatic carbocycles. The first-order valence-corrected chi connectivity index (χ1v) is 6.70. The standard InChI is InChI=1S/C16H16N4O/c1-11-8-19-13(9-18-11)10-20-16-15-7-14(21-2)4-3-12(15)5-6-17-16/h3-9H,10H2,1-2H3,(H,17,20). The lowest BCUT2D eigenvalue weighted by Gasteiger charge is -2.09. The number of methoxy groups -OCH3 is 1. The second-order valence-electron chi connectivity index (χ2n) is 4.75. The molecule has 5 heteroatoms. The average Bonchev–Trinajstić information content (AvgIpc) is 2.54. The summed E-state index contributed by atoms with van der Waals surface area (Å²) in [6.45, 7) is 2.50. The van der Waals surface area contributed by atoms with Crippen LogP contribution < -0.4 is 10.1 Å². The van der Waals surface area contributed by atoms with Crippen LogP contribution in [0, 0.1) is 6.92 Å². The zero-order chi connectivity index (χ0) is 14.7. The first-order chi connectivity index (χ1) is 10.3. The van der Waals surface area contributed by atoms with E-state index in [0.717, 1.165) is 33.7 Å². The van der Waals surface area contributed by atoms with Crippen LogP contribution in [0.2, 0.25) is 0 Å². The van der Waals surface area contributed by atoms with Crippen molar-refractivity contribution in [3.63, 3.8) is 0 Å². The van der Waals surface area contributed by atoms with E-state index in [1.54, 1.807) is 25.7 Å². The van der Waals surface area contributed by atoms with Crippen LogP contribution in [0.25, 0.3) is 10.8 Å². The Hall–Kier alpha value is -2.69. The molecule has 0 amide bonds. The van der Waals surface area contributed by atoms with Gasteiger partial charge in [-0.2, -0.15) is 0 Å². The van der Waals surface area contributed by atoms with E-state index in [4.69, 9.17) is 4.74 Å². The minimum absolute atomic E-state index is 0.580. The van der Waals surface area contributed by atoms with E-state index in [0.29, 0.717) is 6.54 Å². The van der Waals surface area contributed by atoms with Crippen LogP contribution >= 0.6 is 0 Å². The van der Waals surface area contributed by atoms with Gasteiger partial charge in [0.05, 0.1) is 31.2 Å². The summed E-state index contributed by atoms with van der Waals surface area (Å²) in [4.78, 5) is 13.0. The highest BCUT2D eigenvalue weighted by atomic mass is 16.5. The third-order valence-electron chi connectivity index (χ3n) is 3.24. The van der Waals surface area contributed by atoms with Gasteiger partial charge in [0.2, 0.25) is 0 Å². The van der Waals surface area contributed by atoms with Gasteiger partial charge >= 0.3 is 0 Å². The van der Waals surface area contributed by atoms with Crippen molar-refractivity contribution in [3.8, 4) is 5.75 Å². The molecule has 0 aliphatic rings. The smallest absolute Gasteiger partial charge is 0.134 e. The Kier molecular flexibility index (Phi) is 3.64. The summed E-state index contributed by atoms with van der Waals surface area (Å²) < 4.78 is 5.28. The Morgan fingerprint density at radius 2 is 2.00 bits per heavy atom. The maximum Gasteiger partial charge on any atom is 0.134 e. The molecule has 0 bridgehead atoms. The molecule has 0 aliphatic carbocycles. The van der Waals surface area contributed by atoms with Gasteiger partial charge in [0.25, 0.3) is 0 Å². The molecule has 5 nitrogen and oxygen atoms in total. The van der Waals surface area contributed by atoms with Crippen LogP contribution in [0.1, 0.15) is 11.4 Å². The van der Waals surface area contributed by atoms with Crippen LogP contribution in [-0.2, 0) is 6.54 Å². The number of nitrogens with one attached hydrogen (secondary N) is 1. The molecule has 0 saturated heterocycles.